The summed E-state index contributed by atoms with van der Waals surface area (Å²) in [5.74, 6) is -1.45. The molecule has 0 fully saturated rings. The third-order valence-electron chi connectivity index (χ3n) is 2.51. The Hall–Kier alpha value is -1.44. The molecule has 5 nitrogen and oxygen atoms in total. The van der Waals surface area contributed by atoms with Gasteiger partial charge in [-0.3, -0.25) is 0 Å². The fourth-order valence-corrected chi connectivity index (χ4v) is 4.65. The maximum absolute atomic E-state index is 12.3. The van der Waals surface area contributed by atoms with Gasteiger partial charge in [0.2, 0.25) is 0 Å². The summed E-state index contributed by atoms with van der Waals surface area (Å²) >= 11 is 7.15. The van der Waals surface area contributed by atoms with Crippen molar-refractivity contribution in [2.24, 2.45) is 0 Å². The van der Waals surface area contributed by atoms with Crippen molar-refractivity contribution in [3.05, 3.63) is 44.9 Å². The van der Waals surface area contributed by atoms with Crippen molar-refractivity contribution in [3.63, 3.8) is 0 Å². The highest BCUT2D eigenvalue weighted by Crippen LogP contribution is 2.27. The Bertz CT molecular complexity index is 768. The van der Waals surface area contributed by atoms with Gasteiger partial charge in [0.05, 0.1) is 26.2 Å². The largest absolute Gasteiger partial charge is 0.478 e. The first kappa shape index (κ1) is 15.0. The highest BCUT2D eigenvalue weighted by atomic mass is 35.5. The van der Waals surface area contributed by atoms with E-state index >= 15 is 0 Å². The second-order valence-corrected chi connectivity index (χ2v) is 7.74. The van der Waals surface area contributed by atoms with Crippen LogP contribution in [0, 0.1) is 6.92 Å². The van der Waals surface area contributed by atoms with Crippen LogP contribution in [0.15, 0.2) is 29.3 Å². The van der Waals surface area contributed by atoms with Crippen LogP contribution < -0.4 is 0 Å². The van der Waals surface area contributed by atoms with E-state index in [2.05, 4.69) is 4.98 Å². The molecule has 106 valence electrons. The van der Waals surface area contributed by atoms with E-state index in [4.69, 9.17) is 16.7 Å². The number of carbonyl (C=O) groups is 1. The number of halogens is 1. The van der Waals surface area contributed by atoms with Gasteiger partial charge in [-0.25, -0.2) is 18.2 Å². The number of aromatic carboxylic acids is 1. The highest BCUT2D eigenvalue weighted by Gasteiger charge is 2.21. The average Bonchev–Trinajstić information content (AvgIpc) is 2.73. The molecule has 0 saturated heterocycles. The summed E-state index contributed by atoms with van der Waals surface area (Å²) in [6.07, 6.45) is 1.49. The van der Waals surface area contributed by atoms with E-state index in [1.54, 1.807) is 6.92 Å². The van der Waals surface area contributed by atoms with Gasteiger partial charge in [-0.15, -0.1) is 11.3 Å². The quantitative estimate of drug-likeness (QED) is 0.931. The molecule has 2 rings (SSSR count). The number of benzene rings is 1. The van der Waals surface area contributed by atoms with Crippen LogP contribution in [-0.4, -0.2) is 24.5 Å². The van der Waals surface area contributed by atoms with E-state index in [-0.39, 0.29) is 21.2 Å². The number of sulfone groups is 1. The summed E-state index contributed by atoms with van der Waals surface area (Å²) in [6.45, 7) is 1.78. The number of rotatable bonds is 4. The van der Waals surface area contributed by atoms with E-state index in [0.717, 1.165) is 11.1 Å². The fourth-order valence-electron chi connectivity index (χ4n) is 1.61. The number of nitrogens with zero attached hydrogens (tertiary/aromatic N) is 1. The Labute approximate surface area is 124 Å². The first-order valence-electron chi connectivity index (χ1n) is 5.46. The van der Waals surface area contributed by atoms with E-state index in [9.17, 15) is 13.2 Å². The molecule has 0 amide bonds. The monoisotopic (exact) mass is 331 g/mol. The van der Waals surface area contributed by atoms with Gasteiger partial charge in [-0.1, -0.05) is 11.6 Å². The van der Waals surface area contributed by atoms with Crippen LogP contribution >= 0.6 is 22.9 Å². The molecule has 1 heterocycles. The zero-order valence-electron chi connectivity index (χ0n) is 10.3. The lowest BCUT2D eigenvalue weighted by Crippen LogP contribution is -2.07. The molecule has 1 N–H and O–H groups in total. The molecule has 1 aromatic heterocycles. The second-order valence-electron chi connectivity index (χ2n) is 4.06. The van der Waals surface area contributed by atoms with Crippen molar-refractivity contribution in [2.75, 3.05) is 0 Å². The van der Waals surface area contributed by atoms with Gasteiger partial charge in [0.15, 0.2) is 9.84 Å². The number of thiazole rings is 1. The minimum Gasteiger partial charge on any atom is -0.478 e. The Morgan fingerprint density at radius 3 is 2.70 bits per heavy atom. The van der Waals surface area contributed by atoms with Crippen molar-refractivity contribution in [1.82, 2.24) is 4.98 Å². The average molecular weight is 332 g/mol. The molecule has 0 aliphatic heterocycles. The molecular weight excluding hydrogens is 322 g/mol. The van der Waals surface area contributed by atoms with Crippen LogP contribution in [0.2, 0.25) is 5.02 Å². The predicted octanol–water partition coefficient (Wildman–Crippen LogP) is 2.78. The van der Waals surface area contributed by atoms with Crippen LogP contribution in [-0.2, 0) is 15.6 Å². The van der Waals surface area contributed by atoms with Crippen molar-refractivity contribution in [1.29, 1.82) is 0 Å². The summed E-state index contributed by atoms with van der Waals surface area (Å²) in [7, 11) is -3.71. The molecule has 0 bridgehead atoms. The molecule has 0 spiro atoms. The van der Waals surface area contributed by atoms with Crippen LogP contribution in [0.3, 0.4) is 0 Å². The number of hydrogen-bond acceptors (Lipinski definition) is 5. The lowest BCUT2D eigenvalue weighted by atomic mass is 10.2. The molecule has 8 heteroatoms. The Kier molecular flexibility index (Phi) is 4.12. The van der Waals surface area contributed by atoms with Crippen molar-refractivity contribution in [3.8, 4) is 0 Å². The zero-order chi connectivity index (χ0) is 14.9. The molecule has 0 saturated carbocycles. The normalized spacial score (nSPS) is 11.5. The van der Waals surface area contributed by atoms with Gasteiger partial charge >= 0.3 is 5.97 Å². The highest BCUT2D eigenvalue weighted by molar-refractivity contribution is 7.91. The topological polar surface area (TPSA) is 84.3 Å². The van der Waals surface area contributed by atoms with Crippen molar-refractivity contribution in [2.45, 2.75) is 17.6 Å². The molecule has 0 aliphatic carbocycles. The zero-order valence-corrected chi connectivity index (χ0v) is 12.7. The van der Waals surface area contributed by atoms with Gasteiger partial charge in [0.1, 0.15) is 0 Å². The third-order valence-corrected chi connectivity index (χ3v) is 5.75. The summed E-state index contributed by atoms with van der Waals surface area (Å²) in [4.78, 5) is 15.3. The van der Waals surface area contributed by atoms with E-state index in [1.807, 2.05) is 0 Å². The summed E-state index contributed by atoms with van der Waals surface area (Å²) in [6, 6.07) is 3.62. The minimum absolute atomic E-state index is 0.0104. The SMILES string of the molecule is Cc1ncc(CS(=O)(=O)c2cc(C(=O)O)ccc2Cl)s1. The van der Waals surface area contributed by atoms with E-state index in [0.29, 0.717) is 4.88 Å². The molecule has 0 radical (unpaired) electrons. The summed E-state index contributed by atoms with van der Waals surface area (Å²) in [5.41, 5.74) is -0.117. The van der Waals surface area contributed by atoms with Crippen LogP contribution in [0.5, 0.6) is 0 Å². The molecule has 2 aromatic rings. The number of aromatic nitrogens is 1. The van der Waals surface area contributed by atoms with Gasteiger partial charge in [-0.05, 0) is 25.1 Å². The molecular formula is C12H10ClNO4S2. The Balaban J connectivity index is 2.43. The van der Waals surface area contributed by atoms with E-state index < -0.39 is 15.8 Å². The predicted molar refractivity (Wildman–Crippen MR) is 76.2 cm³/mol. The van der Waals surface area contributed by atoms with Gasteiger partial charge < -0.3 is 5.11 Å². The lowest BCUT2D eigenvalue weighted by molar-refractivity contribution is 0.0696. The van der Waals surface area contributed by atoms with E-state index in [1.165, 1.54) is 29.7 Å². The minimum atomic E-state index is -3.71. The standard InChI is InChI=1S/C12H10ClNO4S2/c1-7-14-5-9(19-7)6-20(17,18)11-4-8(12(15)16)2-3-10(11)13/h2-5H,6H2,1H3,(H,15,16). The Morgan fingerprint density at radius 1 is 1.45 bits per heavy atom. The van der Waals surface area contributed by atoms with Gasteiger partial charge in [-0.2, -0.15) is 0 Å². The van der Waals surface area contributed by atoms with Crippen LogP contribution in [0.1, 0.15) is 20.2 Å². The van der Waals surface area contributed by atoms with Gasteiger partial charge in [0.25, 0.3) is 0 Å². The third kappa shape index (κ3) is 3.17. The Morgan fingerprint density at radius 2 is 2.15 bits per heavy atom. The molecule has 0 atom stereocenters. The maximum atomic E-state index is 12.3. The van der Waals surface area contributed by atoms with Crippen LogP contribution in [0.25, 0.3) is 0 Å². The molecule has 1 aromatic carbocycles. The number of hydrogen-bond donors (Lipinski definition) is 1. The first-order chi connectivity index (χ1) is 9.29. The van der Waals surface area contributed by atoms with Gasteiger partial charge in [0, 0.05) is 11.1 Å². The summed E-state index contributed by atoms with van der Waals surface area (Å²) in [5, 5.41) is 9.69. The smallest absolute Gasteiger partial charge is 0.335 e. The fraction of sp³-hybridized carbons (Fsp3) is 0.167. The lowest BCUT2D eigenvalue weighted by Gasteiger charge is -2.06. The molecule has 0 aliphatic rings. The first-order valence-corrected chi connectivity index (χ1v) is 8.31. The number of carboxylic acid groups (broad SMARTS) is 1. The second kappa shape index (κ2) is 5.51. The van der Waals surface area contributed by atoms with Crippen molar-refractivity contribution < 1.29 is 18.3 Å². The number of aryl methyl sites for hydroxylation is 1. The van der Waals surface area contributed by atoms with Crippen LogP contribution in [0.4, 0.5) is 0 Å². The number of carboxylic acids is 1. The summed E-state index contributed by atoms with van der Waals surface area (Å²) < 4.78 is 24.6. The molecule has 20 heavy (non-hydrogen) atoms. The molecule has 0 unspecified atom stereocenters. The van der Waals surface area contributed by atoms with Crippen molar-refractivity contribution >= 4 is 38.7 Å². The maximum Gasteiger partial charge on any atom is 0.335 e.